The number of aryl methyl sites for hydroxylation is 1. The zero-order valence-electron chi connectivity index (χ0n) is 11.5. The minimum Gasteiger partial charge on any atom is -0.503 e. The third-order valence-corrected chi connectivity index (χ3v) is 4.08. The molecule has 1 atom stereocenters. The lowest BCUT2D eigenvalue weighted by molar-refractivity contribution is -0.117. The Labute approximate surface area is 122 Å². The molecule has 2 N–H and O–H groups in total. The fraction of sp³-hybridized carbons (Fsp3) is 0.118. The number of anilines is 2. The van der Waals surface area contributed by atoms with Crippen molar-refractivity contribution < 1.29 is 9.90 Å². The Morgan fingerprint density at radius 1 is 1.10 bits per heavy atom. The van der Waals surface area contributed by atoms with Crippen LogP contribution in [0.5, 0.6) is 0 Å². The van der Waals surface area contributed by atoms with E-state index >= 15 is 0 Å². The van der Waals surface area contributed by atoms with E-state index in [1.165, 1.54) is 0 Å². The van der Waals surface area contributed by atoms with E-state index in [9.17, 15) is 9.90 Å². The summed E-state index contributed by atoms with van der Waals surface area (Å²) in [7, 11) is 0. The number of aliphatic hydroxyl groups excluding tert-OH is 1. The van der Waals surface area contributed by atoms with E-state index in [0.717, 1.165) is 22.5 Å². The van der Waals surface area contributed by atoms with Crippen molar-refractivity contribution in [3.63, 3.8) is 0 Å². The van der Waals surface area contributed by atoms with E-state index in [1.807, 2.05) is 55.5 Å². The van der Waals surface area contributed by atoms with Crippen LogP contribution in [0, 0.1) is 6.92 Å². The van der Waals surface area contributed by atoms with E-state index < -0.39 is 5.66 Å². The van der Waals surface area contributed by atoms with E-state index in [4.69, 9.17) is 0 Å². The summed E-state index contributed by atoms with van der Waals surface area (Å²) in [6.07, 6.45) is 1.58. The molecule has 0 saturated heterocycles. The summed E-state index contributed by atoms with van der Waals surface area (Å²) in [5.41, 5.74) is 2.90. The minimum atomic E-state index is -0.835. The second-order valence-electron chi connectivity index (χ2n) is 5.44. The molecule has 4 nitrogen and oxygen atoms in total. The van der Waals surface area contributed by atoms with Gasteiger partial charge in [-0.1, -0.05) is 42.0 Å². The third kappa shape index (κ3) is 1.47. The van der Waals surface area contributed by atoms with Crippen molar-refractivity contribution in [2.45, 2.75) is 12.6 Å². The van der Waals surface area contributed by atoms with Crippen LogP contribution in [0.4, 0.5) is 11.4 Å². The Morgan fingerprint density at radius 3 is 2.57 bits per heavy atom. The number of carbonyl (C=O) groups is 1. The van der Waals surface area contributed by atoms with Crippen molar-refractivity contribution in [2.75, 3.05) is 10.2 Å². The van der Waals surface area contributed by atoms with Gasteiger partial charge in [0.1, 0.15) is 0 Å². The SMILES string of the molecule is Cc1ccc([C@@]23C=C(O)C(=O)N2c2ccccc2N3)cc1. The molecule has 4 rings (SSSR count). The molecule has 1 amide bonds. The Hall–Kier alpha value is -2.75. The smallest absolute Gasteiger partial charge is 0.295 e. The number of para-hydroxylation sites is 2. The quantitative estimate of drug-likeness (QED) is 0.843. The summed E-state index contributed by atoms with van der Waals surface area (Å²) in [5, 5.41) is 13.3. The number of hydrogen-bond donors (Lipinski definition) is 2. The molecule has 2 aromatic carbocycles. The molecule has 2 aliphatic heterocycles. The molecule has 0 aliphatic carbocycles. The summed E-state index contributed by atoms with van der Waals surface area (Å²) in [5.74, 6) is -0.606. The second-order valence-corrected chi connectivity index (χ2v) is 5.44. The number of fused-ring (bicyclic) bond motifs is 3. The molecule has 0 aromatic heterocycles. The van der Waals surface area contributed by atoms with Crippen molar-refractivity contribution in [3.8, 4) is 0 Å². The maximum absolute atomic E-state index is 12.4. The number of carbonyl (C=O) groups excluding carboxylic acids is 1. The first-order valence-electron chi connectivity index (χ1n) is 6.82. The first-order valence-corrected chi connectivity index (χ1v) is 6.82. The molecule has 0 spiro atoms. The Bertz CT molecular complexity index is 780. The molecule has 0 radical (unpaired) electrons. The van der Waals surface area contributed by atoms with Gasteiger partial charge in [-0.15, -0.1) is 0 Å². The van der Waals surface area contributed by atoms with Crippen molar-refractivity contribution in [3.05, 3.63) is 71.5 Å². The standard InChI is InChI=1S/C17H14N2O2/c1-11-6-8-12(9-7-11)17-10-15(20)16(21)19(17)14-5-3-2-4-13(14)18-17/h2-10,18,20H,1H3/t17-/m1/s1. The van der Waals surface area contributed by atoms with Gasteiger partial charge in [0, 0.05) is 11.6 Å². The van der Waals surface area contributed by atoms with Crippen LogP contribution in [-0.2, 0) is 10.5 Å². The molecule has 2 heterocycles. The van der Waals surface area contributed by atoms with E-state index in [-0.39, 0.29) is 11.7 Å². The van der Waals surface area contributed by atoms with Crippen LogP contribution in [0.1, 0.15) is 11.1 Å². The zero-order valence-corrected chi connectivity index (χ0v) is 11.5. The van der Waals surface area contributed by atoms with Gasteiger partial charge < -0.3 is 10.4 Å². The highest BCUT2D eigenvalue weighted by atomic mass is 16.3. The molecule has 4 heteroatoms. The average Bonchev–Trinajstić information content (AvgIpc) is 2.93. The predicted octanol–water partition coefficient (Wildman–Crippen LogP) is 3.06. The van der Waals surface area contributed by atoms with Gasteiger partial charge in [0.15, 0.2) is 11.4 Å². The normalized spacial score (nSPS) is 22.6. The summed E-state index contributed by atoms with van der Waals surface area (Å²) in [6.45, 7) is 2.02. The Balaban J connectivity index is 1.94. The van der Waals surface area contributed by atoms with Crippen molar-refractivity contribution in [2.24, 2.45) is 0 Å². The van der Waals surface area contributed by atoms with Gasteiger partial charge in [-0.25, -0.2) is 0 Å². The number of benzene rings is 2. The first-order chi connectivity index (χ1) is 10.1. The first kappa shape index (κ1) is 12.0. The number of aliphatic hydroxyl groups is 1. The molecule has 0 bridgehead atoms. The maximum atomic E-state index is 12.4. The molecule has 0 saturated carbocycles. The number of amides is 1. The lowest BCUT2D eigenvalue weighted by Crippen LogP contribution is -2.45. The van der Waals surface area contributed by atoms with Gasteiger partial charge in [0.2, 0.25) is 0 Å². The van der Waals surface area contributed by atoms with Crippen molar-refractivity contribution in [1.29, 1.82) is 0 Å². The maximum Gasteiger partial charge on any atom is 0.295 e. The van der Waals surface area contributed by atoms with Crippen molar-refractivity contribution in [1.82, 2.24) is 0 Å². The van der Waals surface area contributed by atoms with Gasteiger partial charge in [0.05, 0.1) is 11.4 Å². The highest BCUT2D eigenvalue weighted by molar-refractivity contribution is 6.13. The number of rotatable bonds is 1. The third-order valence-electron chi connectivity index (χ3n) is 4.08. The molecule has 2 aliphatic rings. The van der Waals surface area contributed by atoms with Gasteiger partial charge in [-0.3, -0.25) is 9.69 Å². The highest BCUT2D eigenvalue weighted by Gasteiger charge is 2.52. The fourth-order valence-electron chi connectivity index (χ4n) is 3.06. The highest BCUT2D eigenvalue weighted by Crippen LogP contribution is 2.49. The summed E-state index contributed by atoms with van der Waals surface area (Å²) in [4.78, 5) is 14.0. The minimum absolute atomic E-state index is 0.224. The van der Waals surface area contributed by atoms with E-state index in [0.29, 0.717) is 0 Å². The predicted molar refractivity (Wildman–Crippen MR) is 81.1 cm³/mol. The van der Waals surface area contributed by atoms with E-state index in [1.54, 1.807) is 11.0 Å². The Kier molecular flexibility index (Phi) is 2.22. The van der Waals surface area contributed by atoms with Gasteiger partial charge in [-0.2, -0.15) is 0 Å². The molecular weight excluding hydrogens is 264 g/mol. The molecule has 0 fully saturated rings. The summed E-state index contributed by atoms with van der Waals surface area (Å²) in [6, 6.07) is 15.6. The Morgan fingerprint density at radius 2 is 1.81 bits per heavy atom. The molecule has 21 heavy (non-hydrogen) atoms. The lowest BCUT2D eigenvalue weighted by Gasteiger charge is -2.31. The lowest BCUT2D eigenvalue weighted by atomic mass is 9.99. The van der Waals surface area contributed by atoms with Crippen LogP contribution in [0.2, 0.25) is 0 Å². The zero-order chi connectivity index (χ0) is 14.6. The molecular formula is C17H14N2O2. The van der Waals surface area contributed by atoms with Crippen LogP contribution in [0.25, 0.3) is 0 Å². The molecule has 2 aromatic rings. The van der Waals surface area contributed by atoms with Crippen LogP contribution in [0.15, 0.2) is 60.4 Å². The van der Waals surface area contributed by atoms with Crippen LogP contribution in [-0.4, -0.2) is 11.0 Å². The number of nitrogens with zero attached hydrogens (tertiary/aromatic N) is 1. The monoisotopic (exact) mass is 278 g/mol. The number of nitrogens with one attached hydrogen (secondary N) is 1. The van der Waals surface area contributed by atoms with Gasteiger partial charge >= 0.3 is 0 Å². The fourth-order valence-corrected chi connectivity index (χ4v) is 3.06. The molecule has 104 valence electrons. The van der Waals surface area contributed by atoms with Crippen LogP contribution >= 0.6 is 0 Å². The topological polar surface area (TPSA) is 52.6 Å². The summed E-state index contributed by atoms with van der Waals surface area (Å²) < 4.78 is 0. The number of hydrogen-bond acceptors (Lipinski definition) is 3. The van der Waals surface area contributed by atoms with Crippen LogP contribution < -0.4 is 10.2 Å². The molecule has 0 unspecified atom stereocenters. The second kappa shape index (κ2) is 3.88. The average molecular weight is 278 g/mol. The van der Waals surface area contributed by atoms with Gasteiger partial charge in [-0.05, 0) is 19.1 Å². The van der Waals surface area contributed by atoms with Gasteiger partial charge in [0.25, 0.3) is 5.91 Å². The van der Waals surface area contributed by atoms with Crippen LogP contribution in [0.3, 0.4) is 0 Å². The van der Waals surface area contributed by atoms with E-state index in [2.05, 4.69) is 5.32 Å². The summed E-state index contributed by atoms with van der Waals surface area (Å²) >= 11 is 0. The van der Waals surface area contributed by atoms with Crippen molar-refractivity contribution >= 4 is 17.3 Å². The largest absolute Gasteiger partial charge is 0.503 e.